The first-order valence-electron chi connectivity index (χ1n) is 10.0. The Kier molecular flexibility index (Phi) is 6.82. The summed E-state index contributed by atoms with van der Waals surface area (Å²) in [6.45, 7) is 1.76. The highest BCUT2D eigenvalue weighted by Crippen LogP contribution is 2.40. The second kappa shape index (κ2) is 9.94. The molecule has 0 saturated heterocycles. The number of aliphatic hydroxyl groups excluding tert-OH is 1. The van der Waals surface area contributed by atoms with Crippen LogP contribution in [0.15, 0.2) is 92.4 Å². The number of hydrogen-bond donors (Lipinski definition) is 1. The summed E-state index contributed by atoms with van der Waals surface area (Å²) in [6, 6.07) is 19.2. The lowest BCUT2D eigenvalue weighted by atomic mass is 10.2. The molecule has 2 heterocycles. The fourth-order valence-electron chi connectivity index (χ4n) is 3.09. The fraction of sp³-hybridized carbons (Fsp3) is 0.0800. The molecule has 0 saturated carbocycles. The van der Waals surface area contributed by atoms with Crippen LogP contribution < -0.4 is 0 Å². The number of ether oxygens (including phenoxy) is 1. The van der Waals surface area contributed by atoms with Gasteiger partial charge >= 0.3 is 5.97 Å². The van der Waals surface area contributed by atoms with E-state index in [4.69, 9.17) is 20.8 Å². The van der Waals surface area contributed by atoms with Crippen molar-refractivity contribution in [1.29, 1.82) is 0 Å². The number of nitrogens with zero attached hydrogens (tertiary/aromatic N) is 1. The van der Waals surface area contributed by atoms with Crippen LogP contribution in [0.1, 0.15) is 23.0 Å². The standard InChI is InChI=1S/C25H18ClNO5S/c1-2-31-25(30)21-22(28)20(33-24(21)27-23(29)15-7-4-3-5-8-15)14-18-11-12-19(32-18)16-9-6-10-17(26)13-16/h3-14,28H,2H2,1H3/b20-14+,27-24?. The highest BCUT2D eigenvalue weighted by Gasteiger charge is 2.34. The van der Waals surface area contributed by atoms with Gasteiger partial charge in [-0.2, -0.15) is 0 Å². The van der Waals surface area contributed by atoms with Gasteiger partial charge in [-0.05, 0) is 49.4 Å². The number of carbonyl (C=O) groups is 2. The van der Waals surface area contributed by atoms with Gasteiger partial charge in [-0.25, -0.2) is 9.79 Å². The van der Waals surface area contributed by atoms with Crippen LogP contribution in [0, 0.1) is 0 Å². The lowest BCUT2D eigenvalue weighted by Gasteiger charge is -2.03. The average molecular weight is 480 g/mol. The van der Waals surface area contributed by atoms with E-state index in [0.29, 0.717) is 27.0 Å². The number of thioether (sulfide) groups is 1. The zero-order valence-electron chi connectivity index (χ0n) is 17.4. The van der Waals surface area contributed by atoms with Crippen molar-refractivity contribution >= 4 is 46.4 Å². The van der Waals surface area contributed by atoms with Crippen LogP contribution in [-0.4, -0.2) is 28.6 Å². The van der Waals surface area contributed by atoms with Crippen LogP contribution in [0.5, 0.6) is 0 Å². The minimum Gasteiger partial charge on any atom is -0.506 e. The molecular weight excluding hydrogens is 462 g/mol. The lowest BCUT2D eigenvalue weighted by Crippen LogP contribution is -2.14. The number of furan rings is 1. The van der Waals surface area contributed by atoms with Crippen molar-refractivity contribution in [3.8, 4) is 11.3 Å². The Morgan fingerprint density at radius 1 is 1.12 bits per heavy atom. The zero-order chi connectivity index (χ0) is 23.4. The molecule has 0 fully saturated rings. The second-order valence-corrected chi connectivity index (χ2v) is 8.32. The van der Waals surface area contributed by atoms with Gasteiger partial charge in [-0.15, -0.1) is 0 Å². The molecule has 1 aliphatic rings. The number of halogens is 1. The third-order valence-corrected chi connectivity index (χ3v) is 5.86. The molecular formula is C25H18ClNO5S. The quantitative estimate of drug-likeness (QED) is 0.432. The lowest BCUT2D eigenvalue weighted by molar-refractivity contribution is -0.138. The molecule has 2 aromatic carbocycles. The van der Waals surface area contributed by atoms with Gasteiger partial charge in [0.15, 0.2) is 0 Å². The molecule has 8 heteroatoms. The number of benzene rings is 2. The van der Waals surface area contributed by atoms with Gasteiger partial charge in [0.1, 0.15) is 27.9 Å². The number of esters is 1. The van der Waals surface area contributed by atoms with E-state index in [2.05, 4.69) is 4.99 Å². The van der Waals surface area contributed by atoms with Crippen molar-refractivity contribution in [1.82, 2.24) is 0 Å². The first-order valence-corrected chi connectivity index (χ1v) is 11.2. The first kappa shape index (κ1) is 22.6. The number of amides is 1. The SMILES string of the molecule is CCOC(=O)C1=C(O)/C(=C\c2ccc(-c3cccc(Cl)c3)o2)SC1=NC(=O)c1ccccc1. The van der Waals surface area contributed by atoms with Crippen molar-refractivity contribution in [3.63, 3.8) is 0 Å². The molecule has 0 aliphatic carbocycles. The number of aliphatic imine (C=N–C) groups is 1. The first-order chi connectivity index (χ1) is 16.0. The van der Waals surface area contributed by atoms with E-state index in [9.17, 15) is 14.7 Å². The highest BCUT2D eigenvalue weighted by molar-refractivity contribution is 8.18. The summed E-state index contributed by atoms with van der Waals surface area (Å²) in [5, 5.41) is 11.4. The van der Waals surface area contributed by atoms with Crippen molar-refractivity contribution in [2.75, 3.05) is 6.61 Å². The average Bonchev–Trinajstić information content (AvgIpc) is 3.39. The summed E-state index contributed by atoms with van der Waals surface area (Å²) in [4.78, 5) is 29.5. The number of carbonyl (C=O) groups excluding carboxylic acids is 2. The molecule has 1 aliphatic heterocycles. The Morgan fingerprint density at radius 2 is 1.91 bits per heavy atom. The topological polar surface area (TPSA) is 89.1 Å². The molecule has 0 unspecified atom stereocenters. The molecule has 0 bridgehead atoms. The second-order valence-electron chi connectivity index (χ2n) is 6.86. The smallest absolute Gasteiger partial charge is 0.344 e. The van der Waals surface area contributed by atoms with Gasteiger partial charge < -0.3 is 14.3 Å². The van der Waals surface area contributed by atoms with Crippen molar-refractivity contribution in [2.45, 2.75) is 6.92 Å². The van der Waals surface area contributed by atoms with E-state index in [1.165, 1.54) is 0 Å². The maximum absolute atomic E-state index is 12.6. The molecule has 1 aromatic heterocycles. The molecule has 4 rings (SSSR count). The molecule has 1 amide bonds. The Labute approximate surface area is 199 Å². The normalized spacial score (nSPS) is 15.9. The van der Waals surface area contributed by atoms with Gasteiger partial charge in [0.2, 0.25) is 0 Å². The molecule has 6 nitrogen and oxygen atoms in total. The fourth-order valence-corrected chi connectivity index (χ4v) is 4.27. The summed E-state index contributed by atoms with van der Waals surface area (Å²) in [5.74, 6) is -0.578. The Balaban J connectivity index is 1.68. The van der Waals surface area contributed by atoms with Crippen LogP contribution >= 0.6 is 23.4 Å². The van der Waals surface area contributed by atoms with Crippen molar-refractivity contribution in [3.05, 3.63) is 99.3 Å². The third-order valence-electron chi connectivity index (χ3n) is 4.60. The predicted molar refractivity (Wildman–Crippen MR) is 129 cm³/mol. The molecule has 0 radical (unpaired) electrons. The number of aliphatic hydroxyl groups is 1. The summed E-state index contributed by atoms with van der Waals surface area (Å²) in [6.07, 6.45) is 1.57. The highest BCUT2D eigenvalue weighted by atomic mass is 35.5. The Bertz CT molecular complexity index is 1310. The Hall–Kier alpha value is -3.55. The number of hydrogen-bond acceptors (Lipinski definition) is 6. The van der Waals surface area contributed by atoms with E-state index in [1.807, 2.05) is 12.1 Å². The monoisotopic (exact) mass is 479 g/mol. The molecule has 166 valence electrons. The maximum atomic E-state index is 12.6. The summed E-state index contributed by atoms with van der Waals surface area (Å²) in [7, 11) is 0. The van der Waals surface area contributed by atoms with Gasteiger partial charge in [0.25, 0.3) is 5.91 Å². The summed E-state index contributed by atoms with van der Waals surface area (Å²) in [5.41, 5.74) is 1.01. The van der Waals surface area contributed by atoms with Crippen LogP contribution in [0.4, 0.5) is 0 Å². The van der Waals surface area contributed by atoms with Crippen molar-refractivity contribution < 1.29 is 23.8 Å². The zero-order valence-corrected chi connectivity index (χ0v) is 19.0. The van der Waals surface area contributed by atoms with E-state index in [1.54, 1.807) is 67.6 Å². The minimum atomic E-state index is -0.760. The van der Waals surface area contributed by atoms with Crippen LogP contribution in [0.3, 0.4) is 0 Å². The minimum absolute atomic E-state index is 0.0627. The molecule has 0 spiro atoms. The van der Waals surface area contributed by atoms with E-state index >= 15 is 0 Å². The van der Waals surface area contributed by atoms with E-state index < -0.39 is 11.9 Å². The largest absolute Gasteiger partial charge is 0.506 e. The molecule has 1 N–H and O–H groups in total. The molecule has 33 heavy (non-hydrogen) atoms. The van der Waals surface area contributed by atoms with Gasteiger partial charge in [0.05, 0.1) is 11.5 Å². The van der Waals surface area contributed by atoms with E-state index in [-0.39, 0.29) is 23.0 Å². The summed E-state index contributed by atoms with van der Waals surface area (Å²) >= 11 is 7.04. The van der Waals surface area contributed by atoms with Crippen LogP contribution in [0.2, 0.25) is 5.02 Å². The van der Waals surface area contributed by atoms with Crippen LogP contribution in [0.25, 0.3) is 17.4 Å². The summed E-state index contributed by atoms with van der Waals surface area (Å²) < 4.78 is 10.9. The predicted octanol–water partition coefficient (Wildman–Crippen LogP) is 6.30. The molecule has 3 aromatic rings. The maximum Gasteiger partial charge on any atom is 0.344 e. The third kappa shape index (κ3) is 5.10. The van der Waals surface area contributed by atoms with Crippen LogP contribution in [-0.2, 0) is 9.53 Å². The number of rotatable bonds is 5. The van der Waals surface area contributed by atoms with Gasteiger partial charge in [-0.3, -0.25) is 4.79 Å². The Morgan fingerprint density at radius 3 is 2.64 bits per heavy atom. The van der Waals surface area contributed by atoms with E-state index in [0.717, 1.165) is 17.3 Å². The van der Waals surface area contributed by atoms with Gasteiger partial charge in [0, 0.05) is 16.1 Å². The van der Waals surface area contributed by atoms with Crippen molar-refractivity contribution in [2.24, 2.45) is 4.99 Å². The van der Waals surface area contributed by atoms with Gasteiger partial charge in [-0.1, -0.05) is 53.7 Å². The molecule has 0 atom stereocenters.